The third-order valence-corrected chi connectivity index (χ3v) is 2.77. The lowest BCUT2D eigenvalue weighted by Gasteiger charge is -1.97. The number of halogens is 2. The number of aromatic nitrogens is 4. The van der Waals surface area contributed by atoms with Gasteiger partial charge in [-0.25, -0.2) is 18.3 Å². The van der Waals surface area contributed by atoms with Crippen LogP contribution in [-0.4, -0.2) is 26.1 Å². The second-order valence-electron chi connectivity index (χ2n) is 4.14. The zero-order valence-electron chi connectivity index (χ0n) is 9.90. The number of hydrogen-bond acceptors (Lipinski definition) is 3. The first-order valence-electron chi connectivity index (χ1n) is 5.77. The Morgan fingerprint density at radius 2 is 2.05 bits per heavy atom. The van der Waals surface area contributed by atoms with Crippen LogP contribution < -0.4 is 5.73 Å². The van der Waals surface area contributed by atoms with Crippen LogP contribution in [0.3, 0.4) is 0 Å². The Morgan fingerprint density at radius 3 is 2.74 bits per heavy atom. The molecule has 3 N–H and O–H groups in total. The molecule has 3 aromatic rings. The molecule has 0 aliphatic heterocycles. The number of H-pyrrole nitrogens is 1. The Balaban J connectivity index is 2.00. The molecule has 0 aliphatic rings. The minimum Gasteiger partial charge on any atom is -0.330 e. The van der Waals surface area contributed by atoms with Crippen LogP contribution in [0.5, 0.6) is 0 Å². The van der Waals surface area contributed by atoms with E-state index in [4.69, 9.17) is 5.73 Å². The fraction of sp³-hybridized carbons (Fsp3) is 0.167. The molecule has 0 saturated heterocycles. The molecule has 7 heteroatoms. The molecule has 0 aliphatic carbocycles. The number of nitrogens with one attached hydrogen (secondary N) is 1. The van der Waals surface area contributed by atoms with Gasteiger partial charge in [0.2, 0.25) is 0 Å². The minimum atomic E-state index is -0.907. The first-order valence-corrected chi connectivity index (χ1v) is 5.77. The van der Waals surface area contributed by atoms with Crippen molar-refractivity contribution in [1.29, 1.82) is 0 Å². The highest BCUT2D eigenvalue weighted by Gasteiger charge is 2.10. The van der Waals surface area contributed by atoms with Gasteiger partial charge in [0.15, 0.2) is 17.5 Å². The van der Waals surface area contributed by atoms with Crippen LogP contribution in [0.2, 0.25) is 0 Å². The van der Waals surface area contributed by atoms with Crippen molar-refractivity contribution in [2.24, 2.45) is 5.73 Å². The summed E-state index contributed by atoms with van der Waals surface area (Å²) >= 11 is 0. The predicted octanol–water partition coefficient (Wildman–Crippen LogP) is 1.50. The molecule has 5 nitrogen and oxygen atoms in total. The monoisotopic (exact) mass is 263 g/mol. The summed E-state index contributed by atoms with van der Waals surface area (Å²) in [4.78, 5) is 8.48. The first kappa shape index (κ1) is 11.8. The molecule has 1 aromatic carbocycles. The van der Waals surface area contributed by atoms with Crippen molar-refractivity contribution in [2.45, 2.75) is 6.42 Å². The molecule has 2 aromatic heterocycles. The first-order chi connectivity index (χ1) is 9.17. The van der Waals surface area contributed by atoms with E-state index in [1.165, 1.54) is 6.07 Å². The molecule has 0 unspecified atom stereocenters. The molecule has 3 rings (SSSR count). The molecule has 2 heterocycles. The molecule has 0 spiro atoms. The number of imidazole rings is 1. The van der Waals surface area contributed by atoms with Crippen molar-refractivity contribution in [3.05, 3.63) is 41.7 Å². The fourth-order valence-corrected chi connectivity index (χ4v) is 1.86. The number of fused-ring (bicyclic) bond motifs is 1. The van der Waals surface area contributed by atoms with Gasteiger partial charge in [-0.3, -0.25) is 5.10 Å². The van der Waals surface area contributed by atoms with Crippen LogP contribution in [0.25, 0.3) is 17.2 Å². The number of rotatable bonds is 3. The largest absolute Gasteiger partial charge is 0.330 e. The molecular weight excluding hydrogens is 252 g/mol. The van der Waals surface area contributed by atoms with Gasteiger partial charge < -0.3 is 5.73 Å². The van der Waals surface area contributed by atoms with E-state index in [1.807, 2.05) is 0 Å². The summed E-state index contributed by atoms with van der Waals surface area (Å²) in [6, 6.07) is 3.61. The lowest BCUT2D eigenvalue weighted by molar-refractivity contribution is 0.509. The molecule has 0 fully saturated rings. The maximum Gasteiger partial charge on any atom is 0.251 e. The van der Waals surface area contributed by atoms with Crippen LogP contribution in [0.4, 0.5) is 8.78 Å². The smallest absolute Gasteiger partial charge is 0.251 e. The van der Waals surface area contributed by atoms with Crippen LogP contribution >= 0.6 is 0 Å². The predicted molar refractivity (Wildman–Crippen MR) is 65.4 cm³/mol. The van der Waals surface area contributed by atoms with Gasteiger partial charge in [0.1, 0.15) is 0 Å². The van der Waals surface area contributed by atoms with E-state index >= 15 is 0 Å². The highest BCUT2D eigenvalue weighted by Crippen LogP contribution is 2.19. The standard InChI is InChI=1S/C12H11F2N5/c13-9-2-1-7(5-10(9)14)11-17-12-16-8(3-4-15)6-19(12)18-11/h1-2,5-6H,3-4,15H2,(H,16,17,18). The molecule has 98 valence electrons. The SMILES string of the molecule is NCCc1cn2[nH]c(-c3ccc(F)c(F)c3)nc2n1. The van der Waals surface area contributed by atoms with Crippen LogP contribution in [-0.2, 0) is 6.42 Å². The van der Waals surface area contributed by atoms with Crippen molar-refractivity contribution in [1.82, 2.24) is 19.6 Å². The van der Waals surface area contributed by atoms with E-state index in [0.29, 0.717) is 30.1 Å². The van der Waals surface area contributed by atoms with E-state index < -0.39 is 11.6 Å². The average molecular weight is 263 g/mol. The third kappa shape index (κ3) is 2.08. The van der Waals surface area contributed by atoms with Crippen LogP contribution in [0, 0.1) is 11.6 Å². The summed E-state index contributed by atoms with van der Waals surface area (Å²) in [7, 11) is 0. The van der Waals surface area contributed by atoms with Gasteiger partial charge in [-0.05, 0) is 24.7 Å². The number of benzene rings is 1. The van der Waals surface area contributed by atoms with E-state index in [1.54, 1.807) is 10.7 Å². The molecule has 0 radical (unpaired) electrons. The lowest BCUT2D eigenvalue weighted by Crippen LogP contribution is -2.02. The number of nitrogens with two attached hydrogens (primary N) is 1. The zero-order valence-corrected chi connectivity index (χ0v) is 9.90. The topological polar surface area (TPSA) is 72.0 Å². The summed E-state index contributed by atoms with van der Waals surface area (Å²) < 4.78 is 27.6. The van der Waals surface area contributed by atoms with Crippen molar-refractivity contribution in [3.8, 4) is 11.4 Å². The van der Waals surface area contributed by atoms with Crippen molar-refractivity contribution in [2.75, 3.05) is 6.54 Å². The van der Waals surface area contributed by atoms with Crippen molar-refractivity contribution in [3.63, 3.8) is 0 Å². The summed E-state index contributed by atoms with van der Waals surface area (Å²) in [6.07, 6.45) is 2.44. The van der Waals surface area contributed by atoms with Gasteiger partial charge >= 0.3 is 0 Å². The van der Waals surface area contributed by atoms with Crippen molar-refractivity contribution >= 4 is 5.78 Å². The number of aromatic amines is 1. The van der Waals surface area contributed by atoms with Crippen LogP contribution in [0.15, 0.2) is 24.4 Å². The number of hydrogen-bond donors (Lipinski definition) is 2. The molecule has 0 atom stereocenters. The summed E-state index contributed by atoms with van der Waals surface area (Å²) in [5.41, 5.74) is 6.74. The molecule has 0 bridgehead atoms. The summed E-state index contributed by atoms with van der Waals surface area (Å²) in [5, 5.41) is 2.95. The second-order valence-corrected chi connectivity index (χ2v) is 4.14. The van der Waals surface area contributed by atoms with E-state index in [9.17, 15) is 8.78 Å². The molecule has 19 heavy (non-hydrogen) atoms. The van der Waals surface area contributed by atoms with Gasteiger partial charge in [0.05, 0.1) is 11.9 Å². The average Bonchev–Trinajstić information content (AvgIpc) is 2.91. The van der Waals surface area contributed by atoms with E-state index in [-0.39, 0.29) is 0 Å². The maximum absolute atomic E-state index is 13.2. The van der Waals surface area contributed by atoms with E-state index in [0.717, 1.165) is 17.8 Å². The fourth-order valence-electron chi connectivity index (χ4n) is 1.86. The Labute approximate surface area is 107 Å². The highest BCUT2D eigenvalue weighted by molar-refractivity contribution is 5.57. The Morgan fingerprint density at radius 1 is 1.21 bits per heavy atom. The van der Waals surface area contributed by atoms with Gasteiger partial charge in [0, 0.05) is 12.0 Å². The van der Waals surface area contributed by atoms with Gasteiger partial charge in [-0.15, -0.1) is 0 Å². The Kier molecular flexibility index (Phi) is 2.75. The normalized spacial score (nSPS) is 11.3. The highest BCUT2D eigenvalue weighted by atomic mass is 19.2. The molecule has 0 amide bonds. The lowest BCUT2D eigenvalue weighted by atomic mass is 10.2. The molecule has 0 saturated carbocycles. The Hall–Kier alpha value is -2.28. The van der Waals surface area contributed by atoms with Gasteiger partial charge in [-0.2, -0.15) is 4.98 Å². The van der Waals surface area contributed by atoms with Gasteiger partial charge in [-0.1, -0.05) is 0 Å². The Bertz CT molecular complexity index is 699. The molecular formula is C12H11F2N5. The van der Waals surface area contributed by atoms with E-state index in [2.05, 4.69) is 15.1 Å². The summed E-state index contributed by atoms with van der Waals surface area (Å²) in [6.45, 7) is 0.510. The maximum atomic E-state index is 13.2. The zero-order chi connectivity index (χ0) is 13.4. The second kappa shape index (κ2) is 4.43. The number of nitrogens with zero attached hydrogens (tertiary/aromatic N) is 3. The minimum absolute atomic E-state index is 0.431. The van der Waals surface area contributed by atoms with Crippen molar-refractivity contribution < 1.29 is 8.78 Å². The van der Waals surface area contributed by atoms with Crippen LogP contribution in [0.1, 0.15) is 5.69 Å². The third-order valence-electron chi connectivity index (χ3n) is 2.77. The van der Waals surface area contributed by atoms with Gasteiger partial charge in [0.25, 0.3) is 5.78 Å². The quantitative estimate of drug-likeness (QED) is 0.752. The summed E-state index contributed by atoms with van der Waals surface area (Å²) in [5.74, 6) is -0.885.